The molecule has 0 radical (unpaired) electrons. The molecule has 1 aromatic carbocycles. The van der Waals surface area contributed by atoms with E-state index in [9.17, 15) is 13.0 Å². The number of hydrogen-bond donors (Lipinski definition) is 0. The van der Waals surface area contributed by atoms with Crippen molar-refractivity contribution in [1.29, 1.82) is 0 Å². The maximum absolute atomic E-state index is 12.2. The molecule has 4 heteroatoms. The molecule has 0 spiro atoms. The third-order valence-corrected chi connectivity index (χ3v) is 1.10. The van der Waals surface area contributed by atoms with Crippen molar-refractivity contribution in [2.75, 3.05) is 0 Å². The molecular formula is C6H4BF3. The molecule has 0 nitrogen and oxygen atoms in total. The van der Waals surface area contributed by atoms with E-state index in [1.54, 1.807) is 0 Å². The predicted molar refractivity (Wildman–Crippen MR) is 34.0 cm³/mol. The zero-order chi connectivity index (χ0) is 7.56. The number of benzene rings is 1. The van der Waals surface area contributed by atoms with Gasteiger partial charge in [0.1, 0.15) is 5.82 Å². The van der Waals surface area contributed by atoms with Gasteiger partial charge in [0.25, 0.3) is 0 Å². The Morgan fingerprint density at radius 1 is 1.20 bits per heavy atom. The van der Waals surface area contributed by atoms with E-state index in [1.165, 1.54) is 12.1 Å². The summed E-state index contributed by atoms with van der Waals surface area (Å²) in [6, 6.07) is 4.40. The van der Waals surface area contributed by atoms with Gasteiger partial charge in [-0.15, -0.1) is 0 Å². The van der Waals surface area contributed by atoms with Crippen LogP contribution in [0.25, 0.3) is 0 Å². The molecule has 10 heavy (non-hydrogen) atoms. The fourth-order valence-electron chi connectivity index (χ4n) is 0.642. The molecule has 0 fully saturated rings. The maximum Gasteiger partial charge on any atom is 0.572 e. The molecule has 0 amide bonds. The van der Waals surface area contributed by atoms with Crippen LogP contribution < -0.4 is 5.46 Å². The van der Waals surface area contributed by atoms with E-state index >= 15 is 0 Å². The van der Waals surface area contributed by atoms with Crippen molar-refractivity contribution >= 4 is 12.7 Å². The van der Waals surface area contributed by atoms with Crippen molar-refractivity contribution in [1.82, 2.24) is 0 Å². The molecule has 0 bridgehead atoms. The smallest absolute Gasteiger partial charge is 0.281 e. The van der Waals surface area contributed by atoms with Gasteiger partial charge < -0.3 is 0 Å². The SMILES string of the molecule is FB(F)c1cccc(F)c1. The molecule has 0 aromatic heterocycles. The number of hydrogen-bond acceptors (Lipinski definition) is 0. The molecule has 0 saturated carbocycles. The Balaban J connectivity index is 2.96. The van der Waals surface area contributed by atoms with Crippen LogP contribution in [0.4, 0.5) is 13.0 Å². The molecule has 0 aliphatic rings. The standard InChI is InChI=1S/C6H4BF3/c8-6-3-1-2-5(4-6)7(9)10/h1-4H. The Morgan fingerprint density at radius 2 is 1.90 bits per heavy atom. The summed E-state index contributed by atoms with van der Waals surface area (Å²) < 4.78 is 35.8. The van der Waals surface area contributed by atoms with E-state index in [-0.39, 0.29) is 5.46 Å². The zero-order valence-electron chi connectivity index (χ0n) is 5.02. The van der Waals surface area contributed by atoms with Gasteiger partial charge >= 0.3 is 7.27 Å². The van der Waals surface area contributed by atoms with Crippen LogP contribution in [-0.2, 0) is 0 Å². The summed E-state index contributed by atoms with van der Waals surface area (Å²) in [4.78, 5) is 0. The molecule has 0 aliphatic heterocycles. The normalized spacial score (nSPS) is 9.50. The summed E-state index contributed by atoms with van der Waals surface area (Å²) >= 11 is 0. The van der Waals surface area contributed by atoms with E-state index in [0.29, 0.717) is 0 Å². The first kappa shape index (κ1) is 7.19. The molecular weight excluding hydrogens is 140 g/mol. The van der Waals surface area contributed by atoms with Gasteiger partial charge in [-0.25, -0.2) is 4.39 Å². The third kappa shape index (κ3) is 1.53. The highest BCUT2D eigenvalue weighted by Crippen LogP contribution is 1.95. The number of rotatable bonds is 1. The van der Waals surface area contributed by atoms with E-state index in [2.05, 4.69) is 0 Å². The van der Waals surface area contributed by atoms with Crippen LogP contribution in [0, 0.1) is 5.82 Å². The maximum atomic E-state index is 12.2. The first-order chi connectivity index (χ1) is 4.70. The lowest BCUT2D eigenvalue weighted by molar-refractivity contribution is 0.626. The summed E-state index contributed by atoms with van der Waals surface area (Å²) in [6.45, 7) is 0. The molecule has 1 rings (SSSR count). The highest BCUT2D eigenvalue weighted by molar-refractivity contribution is 6.59. The second-order valence-corrected chi connectivity index (χ2v) is 1.86. The van der Waals surface area contributed by atoms with Crippen LogP contribution in [-0.4, -0.2) is 7.27 Å². The van der Waals surface area contributed by atoms with Crippen molar-refractivity contribution in [3.63, 3.8) is 0 Å². The average molecular weight is 144 g/mol. The summed E-state index contributed by atoms with van der Waals surface area (Å²) in [5.41, 5.74) is -0.278. The third-order valence-electron chi connectivity index (χ3n) is 1.10. The first-order valence-corrected chi connectivity index (χ1v) is 2.74. The Labute approximate surface area is 56.8 Å². The van der Waals surface area contributed by atoms with Gasteiger partial charge in [0.15, 0.2) is 0 Å². The van der Waals surface area contributed by atoms with Gasteiger partial charge in [-0.3, -0.25) is 8.63 Å². The first-order valence-electron chi connectivity index (χ1n) is 2.74. The lowest BCUT2D eigenvalue weighted by Gasteiger charge is -1.92. The zero-order valence-corrected chi connectivity index (χ0v) is 5.02. The second-order valence-electron chi connectivity index (χ2n) is 1.86. The van der Waals surface area contributed by atoms with Crippen LogP contribution in [0.3, 0.4) is 0 Å². The monoisotopic (exact) mass is 144 g/mol. The fourth-order valence-corrected chi connectivity index (χ4v) is 0.642. The van der Waals surface area contributed by atoms with E-state index < -0.39 is 13.1 Å². The second kappa shape index (κ2) is 2.77. The van der Waals surface area contributed by atoms with E-state index in [1.807, 2.05) is 0 Å². The Morgan fingerprint density at radius 3 is 2.30 bits per heavy atom. The van der Waals surface area contributed by atoms with Gasteiger partial charge in [0.2, 0.25) is 0 Å². The lowest BCUT2D eigenvalue weighted by atomic mass is 9.86. The van der Waals surface area contributed by atoms with Crippen LogP contribution >= 0.6 is 0 Å². The van der Waals surface area contributed by atoms with E-state index in [4.69, 9.17) is 0 Å². The largest absolute Gasteiger partial charge is 0.572 e. The van der Waals surface area contributed by atoms with Gasteiger partial charge in [0, 0.05) is 0 Å². The van der Waals surface area contributed by atoms with Crippen molar-refractivity contribution < 1.29 is 13.0 Å². The van der Waals surface area contributed by atoms with Crippen molar-refractivity contribution in [3.8, 4) is 0 Å². The molecule has 0 N–H and O–H groups in total. The molecule has 0 aliphatic carbocycles. The van der Waals surface area contributed by atoms with Gasteiger partial charge in [0.05, 0.1) is 0 Å². The lowest BCUT2D eigenvalue weighted by Crippen LogP contribution is -2.20. The molecule has 0 saturated heterocycles. The fraction of sp³-hybridized carbons (Fsp3) is 0. The van der Waals surface area contributed by atoms with Gasteiger partial charge in [-0.1, -0.05) is 12.1 Å². The van der Waals surface area contributed by atoms with Crippen molar-refractivity contribution in [3.05, 3.63) is 30.1 Å². The summed E-state index contributed by atoms with van der Waals surface area (Å²) in [7, 11) is -2.59. The summed E-state index contributed by atoms with van der Waals surface area (Å²) in [6.07, 6.45) is 0. The highest BCUT2D eigenvalue weighted by atomic mass is 19.2. The molecule has 0 atom stereocenters. The van der Waals surface area contributed by atoms with Gasteiger partial charge in [-0.2, -0.15) is 0 Å². The van der Waals surface area contributed by atoms with Crippen molar-refractivity contribution in [2.24, 2.45) is 0 Å². The molecule has 0 unspecified atom stereocenters. The number of halogens is 3. The average Bonchev–Trinajstić information content (AvgIpc) is 1.88. The van der Waals surface area contributed by atoms with Crippen LogP contribution in [0.15, 0.2) is 24.3 Å². The molecule has 52 valence electrons. The quantitative estimate of drug-likeness (QED) is 0.523. The summed E-state index contributed by atoms with van der Waals surface area (Å²) in [5, 5.41) is 0. The minimum atomic E-state index is -2.59. The Kier molecular flexibility index (Phi) is 1.99. The summed E-state index contributed by atoms with van der Waals surface area (Å²) in [5.74, 6) is -0.627. The molecule has 1 aromatic rings. The van der Waals surface area contributed by atoms with Crippen LogP contribution in [0.5, 0.6) is 0 Å². The molecule has 0 heterocycles. The van der Waals surface area contributed by atoms with Gasteiger partial charge in [-0.05, 0) is 17.6 Å². The minimum absolute atomic E-state index is 0.278. The Bertz CT molecular complexity index is 224. The topological polar surface area (TPSA) is 0 Å². The predicted octanol–water partition coefficient (Wildman–Crippen LogP) is 1.46. The Hall–Kier alpha value is -0.925. The van der Waals surface area contributed by atoms with Crippen molar-refractivity contribution in [2.45, 2.75) is 0 Å². The highest BCUT2D eigenvalue weighted by Gasteiger charge is 2.15. The van der Waals surface area contributed by atoms with Crippen LogP contribution in [0.1, 0.15) is 0 Å². The van der Waals surface area contributed by atoms with E-state index in [0.717, 1.165) is 12.1 Å². The van der Waals surface area contributed by atoms with Crippen LogP contribution in [0.2, 0.25) is 0 Å². The minimum Gasteiger partial charge on any atom is -0.281 e.